The maximum absolute atomic E-state index is 12.8. The fraction of sp³-hybridized carbons (Fsp3) is 0.316. The molecule has 2 aromatic rings. The fourth-order valence-electron chi connectivity index (χ4n) is 3.08. The molecule has 154 valence electrons. The molecule has 29 heavy (non-hydrogen) atoms. The number of benzene rings is 1. The van der Waals surface area contributed by atoms with E-state index < -0.39 is 15.9 Å². The minimum absolute atomic E-state index is 0.0705. The van der Waals surface area contributed by atoms with E-state index in [9.17, 15) is 18.0 Å². The van der Waals surface area contributed by atoms with Crippen molar-refractivity contribution in [1.82, 2.24) is 14.6 Å². The lowest BCUT2D eigenvalue weighted by atomic mass is 9.99. The summed E-state index contributed by atoms with van der Waals surface area (Å²) in [7, 11) is -3.71. The molecule has 1 aliphatic heterocycles. The van der Waals surface area contributed by atoms with Gasteiger partial charge in [0, 0.05) is 24.3 Å². The van der Waals surface area contributed by atoms with Crippen molar-refractivity contribution in [3.63, 3.8) is 0 Å². The van der Waals surface area contributed by atoms with E-state index in [1.807, 2.05) is 0 Å². The van der Waals surface area contributed by atoms with Crippen LogP contribution in [0.4, 0.5) is 5.69 Å². The lowest BCUT2D eigenvalue weighted by Crippen LogP contribution is -2.46. The molecule has 2 N–H and O–H groups in total. The molecule has 3 rings (SSSR count). The van der Waals surface area contributed by atoms with Gasteiger partial charge in [-0.3, -0.25) is 14.6 Å². The van der Waals surface area contributed by atoms with Gasteiger partial charge in [0.15, 0.2) is 0 Å². The van der Waals surface area contributed by atoms with E-state index in [4.69, 9.17) is 11.6 Å². The Balaban J connectivity index is 1.56. The molecule has 0 saturated carbocycles. The average Bonchev–Trinajstić information content (AvgIpc) is 2.73. The molecular formula is C19H21ClN4O4S. The lowest BCUT2D eigenvalue weighted by molar-refractivity contribution is -0.128. The molecule has 1 aromatic heterocycles. The number of carbonyl (C=O) groups is 2. The quantitative estimate of drug-likeness (QED) is 0.718. The number of rotatable bonds is 6. The predicted molar refractivity (Wildman–Crippen MR) is 109 cm³/mol. The summed E-state index contributed by atoms with van der Waals surface area (Å²) in [4.78, 5) is 28.5. The minimum atomic E-state index is -3.71. The van der Waals surface area contributed by atoms with Crippen molar-refractivity contribution >= 4 is 39.1 Å². The highest BCUT2D eigenvalue weighted by molar-refractivity contribution is 7.89. The van der Waals surface area contributed by atoms with Crippen LogP contribution in [0, 0.1) is 5.92 Å². The first-order chi connectivity index (χ1) is 13.9. The van der Waals surface area contributed by atoms with E-state index in [2.05, 4.69) is 15.6 Å². The molecule has 1 aliphatic rings. The zero-order chi connectivity index (χ0) is 20.9. The van der Waals surface area contributed by atoms with Crippen molar-refractivity contribution in [3.8, 4) is 0 Å². The number of pyridine rings is 1. The van der Waals surface area contributed by atoms with Gasteiger partial charge in [-0.15, -0.1) is 0 Å². The second-order valence-electron chi connectivity index (χ2n) is 6.66. The first-order valence-electron chi connectivity index (χ1n) is 9.09. The van der Waals surface area contributed by atoms with Crippen molar-refractivity contribution in [2.45, 2.75) is 17.7 Å². The number of halogens is 1. The number of amides is 2. The van der Waals surface area contributed by atoms with Gasteiger partial charge in [-0.05, 0) is 49.2 Å². The van der Waals surface area contributed by atoms with Crippen molar-refractivity contribution in [2.75, 3.05) is 25.0 Å². The third-order valence-electron chi connectivity index (χ3n) is 4.57. The van der Waals surface area contributed by atoms with Gasteiger partial charge in [0.05, 0.1) is 29.2 Å². The number of hydrogen-bond acceptors (Lipinski definition) is 5. The monoisotopic (exact) mass is 436 g/mol. The topological polar surface area (TPSA) is 108 Å². The summed E-state index contributed by atoms with van der Waals surface area (Å²) in [6.07, 6.45) is 4.21. The number of carbonyl (C=O) groups excluding carboxylic acids is 2. The number of nitrogens with zero attached hydrogens (tertiary/aromatic N) is 2. The van der Waals surface area contributed by atoms with E-state index in [1.54, 1.807) is 18.3 Å². The Kier molecular flexibility index (Phi) is 6.83. The zero-order valence-corrected chi connectivity index (χ0v) is 17.1. The summed E-state index contributed by atoms with van der Waals surface area (Å²) in [5.74, 6) is -1.24. The molecule has 0 spiro atoms. The van der Waals surface area contributed by atoms with Crippen LogP contribution in [-0.4, -0.2) is 49.2 Å². The molecule has 0 radical (unpaired) electrons. The van der Waals surface area contributed by atoms with Crippen LogP contribution in [0.25, 0.3) is 0 Å². The average molecular weight is 437 g/mol. The summed E-state index contributed by atoms with van der Waals surface area (Å²) < 4.78 is 26.9. The lowest BCUT2D eigenvalue weighted by Gasteiger charge is -2.31. The van der Waals surface area contributed by atoms with Crippen LogP contribution < -0.4 is 10.6 Å². The highest BCUT2D eigenvalue weighted by Crippen LogP contribution is 2.24. The van der Waals surface area contributed by atoms with Crippen LogP contribution in [0.15, 0.2) is 53.7 Å². The van der Waals surface area contributed by atoms with Crippen LogP contribution in [0.2, 0.25) is 5.02 Å². The highest BCUT2D eigenvalue weighted by Gasteiger charge is 2.33. The molecule has 8 nitrogen and oxygen atoms in total. The number of piperidine rings is 1. The van der Waals surface area contributed by atoms with E-state index >= 15 is 0 Å². The second-order valence-corrected chi connectivity index (χ2v) is 9.04. The second kappa shape index (κ2) is 9.34. The number of hydrogen-bond donors (Lipinski definition) is 2. The molecule has 1 fully saturated rings. The van der Waals surface area contributed by atoms with Gasteiger partial charge in [-0.1, -0.05) is 11.6 Å². The smallest absolute Gasteiger partial charge is 0.243 e. The molecule has 2 amide bonds. The Hall–Kier alpha value is -2.49. The van der Waals surface area contributed by atoms with Crippen LogP contribution in [0.3, 0.4) is 0 Å². The molecule has 10 heteroatoms. The van der Waals surface area contributed by atoms with Crippen molar-refractivity contribution in [3.05, 3.63) is 53.8 Å². The minimum Gasteiger partial charge on any atom is -0.347 e. The van der Waals surface area contributed by atoms with Gasteiger partial charge in [-0.2, -0.15) is 4.31 Å². The van der Waals surface area contributed by atoms with E-state index in [0.29, 0.717) is 30.1 Å². The van der Waals surface area contributed by atoms with Crippen LogP contribution in [0.1, 0.15) is 12.8 Å². The van der Waals surface area contributed by atoms with E-state index in [1.165, 1.54) is 34.8 Å². The molecule has 0 aliphatic carbocycles. The number of nitrogens with one attached hydrogen (secondary N) is 2. The van der Waals surface area contributed by atoms with E-state index in [0.717, 1.165) is 0 Å². The molecule has 1 atom stereocenters. The number of sulfonamides is 1. The number of aromatic nitrogens is 1. The SMILES string of the molecule is O=C(CNC(=O)[C@H]1CCCN(S(=O)(=O)c2ccc(Cl)cc2)C1)Nc1cccnc1. The Labute approximate surface area is 174 Å². The first-order valence-corrected chi connectivity index (χ1v) is 10.9. The molecular weight excluding hydrogens is 416 g/mol. The molecule has 0 bridgehead atoms. The third kappa shape index (κ3) is 5.53. The molecule has 2 heterocycles. The standard InChI is InChI=1S/C19H21ClN4O4S/c20-15-5-7-17(8-6-15)29(27,28)24-10-2-3-14(13-24)19(26)22-12-18(25)23-16-4-1-9-21-11-16/h1,4-9,11,14H,2-3,10,12-13H2,(H,22,26)(H,23,25)/t14-/m0/s1. The summed E-state index contributed by atoms with van der Waals surface area (Å²) in [5.41, 5.74) is 0.532. The maximum atomic E-state index is 12.8. The Morgan fingerprint density at radius 3 is 2.66 bits per heavy atom. The summed E-state index contributed by atoms with van der Waals surface area (Å²) in [6, 6.07) is 9.31. The van der Waals surface area contributed by atoms with Crippen LogP contribution in [-0.2, 0) is 19.6 Å². The summed E-state index contributed by atoms with van der Waals surface area (Å²) >= 11 is 5.83. The van der Waals surface area contributed by atoms with Crippen molar-refractivity contribution < 1.29 is 18.0 Å². The largest absolute Gasteiger partial charge is 0.347 e. The fourth-order valence-corrected chi connectivity index (χ4v) is 4.73. The summed E-state index contributed by atoms with van der Waals surface area (Å²) in [5, 5.41) is 5.66. The molecule has 1 saturated heterocycles. The van der Waals surface area contributed by atoms with Gasteiger partial charge in [0.2, 0.25) is 21.8 Å². The van der Waals surface area contributed by atoms with Gasteiger partial charge in [-0.25, -0.2) is 8.42 Å². The van der Waals surface area contributed by atoms with Gasteiger partial charge in [0.1, 0.15) is 0 Å². The summed E-state index contributed by atoms with van der Waals surface area (Å²) in [6.45, 7) is 0.214. The van der Waals surface area contributed by atoms with Crippen LogP contribution >= 0.6 is 11.6 Å². The Morgan fingerprint density at radius 2 is 1.97 bits per heavy atom. The Bertz CT molecular complexity index is 967. The normalized spacial score (nSPS) is 17.5. The zero-order valence-electron chi connectivity index (χ0n) is 15.5. The molecule has 0 unspecified atom stereocenters. The van der Waals surface area contributed by atoms with Crippen molar-refractivity contribution in [2.24, 2.45) is 5.92 Å². The van der Waals surface area contributed by atoms with Gasteiger partial charge < -0.3 is 10.6 Å². The van der Waals surface area contributed by atoms with Gasteiger partial charge in [0.25, 0.3) is 0 Å². The van der Waals surface area contributed by atoms with E-state index in [-0.39, 0.29) is 29.8 Å². The molecule has 1 aromatic carbocycles. The highest BCUT2D eigenvalue weighted by atomic mass is 35.5. The number of anilines is 1. The first kappa shape index (κ1) is 21.2. The third-order valence-corrected chi connectivity index (χ3v) is 6.71. The Morgan fingerprint density at radius 1 is 1.21 bits per heavy atom. The predicted octanol–water partition coefficient (Wildman–Crippen LogP) is 1.89. The van der Waals surface area contributed by atoms with Crippen molar-refractivity contribution in [1.29, 1.82) is 0 Å². The van der Waals surface area contributed by atoms with Gasteiger partial charge >= 0.3 is 0 Å². The maximum Gasteiger partial charge on any atom is 0.243 e. The van der Waals surface area contributed by atoms with Crippen LogP contribution in [0.5, 0.6) is 0 Å².